The standard InChI is InChI=1S/C15H11NO2/c16-11-13-6-8-14(9-7-13)18-15(17)10-12-4-2-1-3-5-12/h1-9H,10H2. The number of hydrogen-bond acceptors (Lipinski definition) is 3. The second-order valence-electron chi connectivity index (χ2n) is 3.77. The zero-order valence-electron chi connectivity index (χ0n) is 9.67. The number of esters is 1. The van der Waals surface area contributed by atoms with Crippen molar-refractivity contribution in [2.45, 2.75) is 6.42 Å². The van der Waals surface area contributed by atoms with Gasteiger partial charge in [0.15, 0.2) is 0 Å². The van der Waals surface area contributed by atoms with Crippen molar-refractivity contribution in [1.29, 1.82) is 5.26 Å². The fourth-order valence-electron chi connectivity index (χ4n) is 1.53. The average Bonchev–Trinajstić information content (AvgIpc) is 2.40. The Labute approximate surface area is 105 Å². The summed E-state index contributed by atoms with van der Waals surface area (Å²) in [6, 6.07) is 17.9. The van der Waals surface area contributed by atoms with Crippen molar-refractivity contribution < 1.29 is 9.53 Å². The van der Waals surface area contributed by atoms with Crippen LogP contribution in [0.5, 0.6) is 5.75 Å². The van der Waals surface area contributed by atoms with Crippen molar-refractivity contribution in [3.8, 4) is 11.8 Å². The topological polar surface area (TPSA) is 50.1 Å². The van der Waals surface area contributed by atoms with E-state index in [0.717, 1.165) is 5.56 Å². The molecule has 2 rings (SSSR count). The van der Waals surface area contributed by atoms with Gasteiger partial charge in [-0.3, -0.25) is 4.79 Å². The SMILES string of the molecule is N#Cc1ccc(OC(=O)Cc2ccccc2)cc1. The molecule has 0 aliphatic carbocycles. The van der Waals surface area contributed by atoms with Crippen LogP contribution in [-0.2, 0) is 11.2 Å². The van der Waals surface area contributed by atoms with E-state index in [-0.39, 0.29) is 12.4 Å². The molecule has 2 aromatic rings. The quantitative estimate of drug-likeness (QED) is 0.609. The second-order valence-corrected chi connectivity index (χ2v) is 3.77. The number of benzene rings is 2. The van der Waals surface area contributed by atoms with Crippen LogP contribution in [0.25, 0.3) is 0 Å². The fraction of sp³-hybridized carbons (Fsp3) is 0.0667. The van der Waals surface area contributed by atoms with Crippen molar-refractivity contribution in [3.05, 3.63) is 65.7 Å². The monoisotopic (exact) mass is 237 g/mol. The lowest BCUT2D eigenvalue weighted by Crippen LogP contribution is -2.11. The molecular formula is C15H11NO2. The van der Waals surface area contributed by atoms with Crippen LogP contribution < -0.4 is 4.74 Å². The van der Waals surface area contributed by atoms with Crippen molar-refractivity contribution in [2.24, 2.45) is 0 Å². The van der Waals surface area contributed by atoms with Gasteiger partial charge in [0.05, 0.1) is 18.1 Å². The van der Waals surface area contributed by atoms with Gasteiger partial charge in [-0.25, -0.2) is 0 Å². The van der Waals surface area contributed by atoms with Crippen molar-refractivity contribution >= 4 is 5.97 Å². The molecule has 0 aliphatic rings. The smallest absolute Gasteiger partial charge is 0.315 e. The van der Waals surface area contributed by atoms with Gasteiger partial charge in [-0.05, 0) is 29.8 Å². The van der Waals surface area contributed by atoms with Gasteiger partial charge in [0.2, 0.25) is 0 Å². The number of carbonyl (C=O) groups excluding carboxylic acids is 1. The predicted octanol–water partition coefficient (Wildman–Crippen LogP) is 2.71. The lowest BCUT2D eigenvalue weighted by atomic mass is 10.1. The molecule has 0 atom stereocenters. The summed E-state index contributed by atoms with van der Waals surface area (Å²) in [5.41, 5.74) is 1.45. The molecule has 0 aliphatic heterocycles. The number of nitriles is 1. The van der Waals surface area contributed by atoms with E-state index < -0.39 is 0 Å². The van der Waals surface area contributed by atoms with Gasteiger partial charge in [0.1, 0.15) is 5.75 Å². The third kappa shape index (κ3) is 3.19. The highest BCUT2D eigenvalue weighted by molar-refractivity contribution is 5.75. The lowest BCUT2D eigenvalue weighted by Gasteiger charge is -2.04. The van der Waals surface area contributed by atoms with Crippen LogP contribution in [0.4, 0.5) is 0 Å². The molecule has 0 saturated heterocycles. The summed E-state index contributed by atoms with van der Waals surface area (Å²) in [5, 5.41) is 8.65. The van der Waals surface area contributed by atoms with Gasteiger partial charge in [-0.1, -0.05) is 30.3 Å². The Morgan fingerprint density at radius 1 is 1.06 bits per heavy atom. The first-order valence-corrected chi connectivity index (χ1v) is 5.53. The first-order valence-electron chi connectivity index (χ1n) is 5.53. The van der Waals surface area contributed by atoms with Crippen LogP contribution in [0.2, 0.25) is 0 Å². The normalized spacial score (nSPS) is 9.50. The molecule has 0 saturated carbocycles. The van der Waals surface area contributed by atoms with Crippen molar-refractivity contribution in [3.63, 3.8) is 0 Å². The van der Waals surface area contributed by atoms with Crippen LogP contribution in [0.15, 0.2) is 54.6 Å². The van der Waals surface area contributed by atoms with E-state index in [1.165, 1.54) is 0 Å². The summed E-state index contributed by atoms with van der Waals surface area (Å²) in [4.78, 5) is 11.6. The van der Waals surface area contributed by atoms with Gasteiger partial charge in [0, 0.05) is 0 Å². The maximum Gasteiger partial charge on any atom is 0.315 e. The molecule has 88 valence electrons. The van der Waals surface area contributed by atoms with Crippen LogP contribution in [0.3, 0.4) is 0 Å². The van der Waals surface area contributed by atoms with Crippen molar-refractivity contribution in [2.75, 3.05) is 0 Å². The van der Waals surface area contributed by atoms with Crippen molar-refractivity contribution in [1.82, 2.24) is 0 Å². The zero-order valence-corrected chi connectivity index (χ0v) is 9.67. The summed E-state index contributed by atoms with van der Waals surface area (Å²) in [6.07, 6.45) is 0.237. The van der Waals surface area contributed by atoms with Crippen LogP contribution in [0, 0.1) is 11.3 Å². The number of nitrogens with zero attached hydrogens (tertiary/aromatic N) is 1. The first-order chi connectivity index (χ1) is 8.78. The molecule has 2 aromatic carbocycles. The summed E-state index contributed by atoms with van der Waals surface area (Å²) in [7, 11) is 0. The van der Waals surface area contributed by atoms with Crippen LogP contribution in [0.1, 0.15) is 11.1 Å². The minimum absolute atomic E-state index is 0.237. The fourth-order valence-corrected chi connectivity index (χ4v) is 1.53. The number of carbonyl (C=O) groups is 1. The second kappa shape index (κ2) is 5.65. The van der Waals surface area contributed by atoms with E-state index in [4.69, 9.17) is 10.00 Å². The molecule has 0 amide bonds. The third-order valence-electron chi connectivity index (χ3n) is 2.41. The van der Waals surface area contributed by atoms with Gasteiger partial charge in [0.25, 0.3) is 0 Å². The largest absolute Gasteiger partial charge is 0.426 e. The minimum Gasteiger partial charge on any atom is -0.426 e. The highest BCUT2D eigenvalue weighted by Crippen LogP contribution is 2.12. The third-order valence-corrected chi connectivity index (χ3v) is 2.41. The molecular weight excluding hydrogens is 226 g/mol. The number of rotatable bonds is 3. The Hall–Kier alpha value is -2.60. The first kappa shape index (κ1) is 11.9. The van der Waals surface area contributed by atoms with Gasteiger partial charge in [-0.2, -0.15) is 5.26 Å². The average molecular weight is 237 g/mol. The van der Waals surface area contributed by atoms with E-state index >= 15 is 0 Å². The van der Waals surface area contributed by atoms with E-state index in [9.17, 15) is 4.79 Å². The van der Waals surface area contributed by atoms with E-state index in [1.807, 2.05) is 36.4 Å². The Kier molecular flexibility index (Phi) is 3.72. The van der Waals surface area contributed by atoms with E-state index in [2.05, 4.69) is 0 Å². The molecule has 3 heteroatoms. The zero-order chi connectivity index (χ0) is 12.8. The molecule has 0 N–H and O–H groups in total. The Bertz CT molecular complexity index is 568. The van der Waals surface area contributed by atoms with Crippen LogP contribution >= 0.6 is 0 Å². The van der Waals surface area contributed by atoms with E-state index in [0.29, 0.717) is 11.3 Å². The molecule has 18 heavy (non-hydrogen) atoms. The summed E-state index contributed by atoms with van der Waals surface area (Å²) in [5.74, 6) is 0.140. The Morgan fingerprint density at radius 3 is 2.33 bits per heavy atom. The summed E-state index contributed by atoms with van der Waals surface area (Å²) in [6.45, 7) is 0. The highest BCUT2D eigenvalue weighted by Gasteiger charge is 2.05. The minimum atomic E-state index is -0.314. The molecule has 0 unspecified atom stereocenters. The molecule has 0 fully saturated rings. The molecule has 0 aromatic heterocycles. The summed E-state index contributed by atoms with van der Waals surface area (Å²) >= 11 is 0. The highest BCUT2D eigenvalue weighted by atomic mass is 16.5. The Morgan fingerprint density at radius 2 is 1.72 bits per heavy atom. The predicted molar refractivity (Wildman–Crippen MR) is 66.9 cm³/mol. The lowest BCUT2D eigenvalue weighted by molar-refractivity contribution is -0.133. The molecule has 0 heterocycles. The van der Waals surface area contributed by atoms with Gasteiger partial charge >= 0.3 is 5.97 Å². The van der Waals surface area contributed by atoms with Crippen LogP contribution in [-0.4, -0.2) is 5.97 Å². The number of hydrogen-bond donors (Lipinski definition) is 0. The molecule has 0 spiro atoms. The van der Waals surface area contributed by atoms with E-state index in [1.54, 1.807) is 24.3 Å². The Balaban J connectivity index is 1.97. The number of ether oxygens (including phenoxy) is 1. The van der Waals surface area contributed by atoms with Gasteiger partial charge < -0.3 is 4.74 Å². The van der Waals surface area contributed by atoms with Gasteiger partial charge in [-0.15, -0.1) is 0 Å². The molecule has 0 bridgehead atoms. The molecule has 0 radical (unpaired) electrons. The maximum atomic E-state index is 11.6. The summed E-state index contributed by atoms with van der Waals surface area (Å²) < 4.78 is 5.17. The maximum absolute atomic E-state index is 11.6. The molecule has 3 nitrogen and oxygen atoms in total.